The Morgan fingerprint density at radius 3 is 2.89 bits per heavy atom. The number of thioether (sulfide) groups is 1. The van der Waals surface area contributed by atoms with Crippen LogP contribution >= 0.6 is 11.8 Å². The molecular formula is C10H17N3O4S2. The van der Waals surface area contributed by atoms with Gasteiger partial charge in [0.25, 0.3) is 10.0 Å². The minimum atomic E-state index is -3.89. The molecule has 0 saturated carbocycles. The molecule has 0 aliphatic rings. The normalized spacial score (nSPS) is 13.4. The summed E-state index contributed by atoms with van der Waals surface area (Å²) in [6.45, 7) is 3.77. The van der Waals surface area contributed by atoms with Gasteiger partial charge in [0.2, 0.25) is 0 Å². The third-order valence-electron chi connectivity index (χ3n) is 2.36. The van der Waals surface area contributed by atoms with Crippen molar-refractivity contribution < 1.29 is 18.3 Å². The Balaban J connectivity index is 2.75. The molecule has 1 aromatic heterocycles. The van der Waals surface area contributed by atoms with Crippen LogP contribution in [0.2, 0.25) is 0 Å². The molecule has 0 bridgehead atoms. The van der Waals surface area contributed by atoms with Crippen molar-refractivity contribution in [2.75, 3.05) is 11.5 Å². The summed E-state index contributed by atoms with van der Waals surface area (Å²) in [5, 5.41) is 14.1. The Morgan fingerprint density at radius 2 is 2.32 bits per heavy atom. The van der Waals surface area contributed by atoms with Crippen LogP contribution in [-0.2, 0) is 10.0 Å². The van der Waals surface area contributed by atoms with E-state index in [-0.39, 0.29) is 11.6 Å². The smallest absolute Gasteiger partial charge is 0.340 e. The van der Waals surface area contributed by atoms with Crippen LogP contribution in [0.4, 0.5) is 0 Å². The molecule has 7 nitrogen and oxygen atoms in total. The molecule has 1 rings (SSSR count). The zero-order valence-corrected chi connectivity index (χ0v) is 12.3. The summed E-state index contributed by atoms with van der Waals surface area (Å²) in [6, 6.07) is -0.269. The maximum atomic E-state index is 12.0. The van der Waals surface area contributed by atoms with E-state index in [2.05, 4.69) is 14.9 Å². The van der Waals surface area contributed by atoms with Gasteiger partial charge in [-0.05, 0) is 24.9 Å². The molecule has 3 N–H and O–H groups in total. The Hall–Kier alpha value is -1.06. The number of H-pyrrole nitrogens is 1. The number of aromatic carboxylic acids is 1. The van der Waals surface area contributed by atoms with Crippen LogP contribution < -0.4 is 4.72 Å². The molecule has 0 aromatic carbocycles. The second kappa shape index (κ2) is 6.92. The zero-order valence-electron chi connectivity index (χ0n) is 10.7. The Labute approximate surface area is 116 Å². The number of nitrogens with zero attached hydrogens (tertiary/aromatic N) is 1. The van der Waals surface area contributed by atoms with Crippen molar-refractivity contribution in [2.45, 2.75) is 31.3 Å². The summed E-state index contributed by atoms with van der Waals surface area (Å²) in [6.07, 6.45) is 1.66. The number of carbonyl (C=O) groups is 1. The zero-order chi connectivity index (χ0) is 14.5. The first-order valence-electron chi connectivity index (χ1n) is 5.75. The second-order valence-corrected chi connectivity index (χ2v) is 6.97. The van der Waals surface area contributed by atoms with Crippen LogP contribution in [-0.4, -0.2) is 47.2 Å². The van der Waals surface area contributed by atoms with Crippen LogP contribution in [0.3, 0.4) is 0 Å². The predicted octanol–water partition coefficient (Wildman–Crippen LogP) is 0.918. The first kappa shape index (κ1) is 16.0. The molecule has 1 unspecified atom stereocenters. The van der Waals surface area contributed by atoms with Crippen molar-refractivity contribution in [2.24, 2.45) is 0 Å². The average Bonchev–Trinajstić information content (AvgIpc) is 2.78. The van der Waals surface area contributed by atoms with E-state index in [1.54, 1.807) is 18.7 Å². The lowest BCUT2D eigenvalue weighted by molar-refractivity contribution is 0.0692. The maximum absolute atomic E-state index is 12.0. The second-order valence-electron chi connectivity index (χ2n) is 3.93. The SMILES string of the molecule is CCSCCC(C)NS(=O)(=O)c1[nH]ncc1C(=O)O. The number of nitrogens with one attached hydrogen (secondary N) is 2. The van der Waals surface area contributed by atoms with Crippen molar-refractivity contribution in [1.82, 2.24) is 14.9 Å². The highest BCUT2D eigenvalue weighted by molar-refractivity contribution is 7.99. The standard InChI is InChI=1S/C10H17N3O4S2/c1-3-18-5-4-7(2)13-19(16,17)9-8(10(14)15)6-11-12-9/h6-7,13H,3-5H2,1-2H3,(H,11,12)(H,14,15). The highest BCUT2D eigenvalue weighted by atomic mass is 32.2. The van der Waals surface area contributed by atoms with Gasteiger partial charge in [-0.3, -0.25) is 5.10 Å². The molecule has 0 amide bonds. The van der Waals surface area contributed by atoms with E-state index in [0.29, 0.717) is 6.42 Å². The minimum absolute atomic E-state index is 0.269. The number of hydrogen-bond donors (Lipinski definition) is 3. The van der Waals surface area contributed by atoms with E-state index in [1.807, 2.05) is 6.92 Å². The van der Waals surface area contributed by atoms with Gasteiger partial charge in [0.15, 0.2) is 5.03 Å². The highest BCUT2D eigenvalue weighted by Gasteiger charge is 2.25. The van der Waals surface area contributed by atoms with Crippen LogP contribution in [0.1, 0.15) is 30.6 Å². The first-order chi connectivity index (χ1) is 8.88. The van der Waals surface area contributed by atoms with Crippen LogP contribution in [0.15, 0.2) is 11.2 Å². The lowest BCUT2D eigenvalue weighted by Crippen LogP contribution is -2.34. The quantitative estimate of drug-likeness (QED) is 0.616. The van der Waals surface area contributed by atoms with Crippen molar-refractivity contribution in [3.05, 3.63) is 11.8 Å². The number of carboxylic acids is 1. The van der Waals surface area contributed by atoms with Crippen molar-refractivity contribution in [1.29, 1.82) is 0 Å². The molecule has 0 saturated heterocycles. The highest BCUT2D eigenvalue weighted by Crippen LogP contribution is 2.13. The van der Waals surface area contributed by atoms with Gasteiger partial charge in [0.05, 0.1) is 6.20 Å². The largest absolute Gasteiger partial charge is 0.478 e. The Kier molecular flexibility index (Phi) is 5.83. The Bertz CT molecular complexity index is 527. The third-order valence-corrected chi connectivity index (χ3v) is 4.85. The number of sulfonamides is 1. The number of hydrogen-bond acceptors (Lipinski definition) is 5. The summed E-state index contributed by atoms with van der Waals surface area (Å²) in [7, 11) is -3.89. The van der Waals surface area contributed by atoms with E-state index in [9.17, 15) is 13.2 Å². The van der Waals surface area contributed by atoms with Gasteiger partial charge in [-0.2, -0.15) is 16.9 Å². The topological polar surface area (TPSA) is 112 Å². The van der Waals surface area contributed by atoms with E-state index >= 15 is 0 Å². The van der Waals surface area contributed by atoms with Crippen LogP contribution in [0.5, 0.6) is 0 Å². The predicted molar refractivity (Wildman–Crippen MR) is 72.9 cm³/mol. The average molecular weight is 307 g/mol. The van der Waals surface area contributed by atoms with Crippen LogP contribution in [0, 0.1) is 0 Å². The number of rotatable bonds is 8. The van der Waals surface area contributed by atoms with Gasteiger partial charge < -0.3 is 5.11 Å². The molecule has 1 atom stereocenters. The van der Waals surface area contributed by atoms with Crippen molar-refractivity contribution >= 4 is 27.8 Å². The molecule has 108 valence electrons. The minimum Gasteiger partial charge on any atom is -0.478 e. The molecule has 0 aliphatic carbocycles. The monoisotopic (exact) mass is 307 g/mol. The third kappa shape index (κ3) is 4.51. The van der Waals surface area contributed by atoms with Gasteiger partial charge in [-0.25, -0.2) is 17.9 Å². The number of aromatic amines is 1. The molecule has 1 aromatic rings. The van der Waals surface area contributed by atoms with Gasteiger partial charge >= 0.3 is 5.97 Å². The molecule has 9 heteroatoms. The first-order valence-corrected chi connectivity index (χ1v) is 8.39. The molecular weight excluding hydrogens is 290 g/mol. The van der Waals surface area contributed by atoms with E-state index < -0.39 is 21.0 Å². The van der Waals surface area contributed by atoms with Gasteiger partial charge in [0.1, 0.15) is 5.56 Å². The fraction of sp³-hybridized carbons (Fsp3) is 0.600. The molecule has 0 spiro atoms. The maximum Gasteiger partial charge on any atom is 0.340 e. The molecule has 0 fully saturated rings. The van der Waals surface area contributed by atoms with Crippen molar-refractivity contribution in [3.63, 3.8) is 0 Å². The molecule has 19 heavy (non-hydrogen) atoms. The van der Waals surface area contributed by atoms with E-state index in [4.69, 9.17) is 5.11 Å². The summed E-state index contributed by atoms with van der Waals surface area (Å²) in [5.41, 5.74) is -0.359. The molecule has 0 radical (unpaired) electrons. The number of aromatic nitrogens is 2. The lowest BCUT2D eigenvalue weighted by Gasteiger charge is -2.13. The summed E-state index contributed by atoms with van der Waals surface area (Å²) >= 11 is 1.72. The Morgan fingerprint density at radius 1 is 1.63 bits per heavy atom. The number of carboxylic acid groups (broad SMARTS) is 1. The summed E-state index contributed by atoms with van der Waals surface area (Å²) in [5.74, 6) is 0.487. The van der Waals surface area contributed by atoms with Gasteiger partial charge in [-0.1, -0.05) is 6.92 Å². The summed E-state index contributed by atoms with van der Waals surface area (Å²) < 4.78 is 26.5. The lowest BCUT2D eigenvalue weighted by atomic mass is 10.3. The fourth-order valence-electron chi connectivity index (χ4n) is 1.42. The van der Waals surface area contributed by atoms with Crippen molar-refractivity contribution in [3.8, 4) is 0 Å². The molecule has 0 aliphatic heterocycles. The van der Waals surface area contributed by atoms with Gasteiger partial charge in [-0.15, -0.1) is 0 Å². The van der Waals surface area contributed by atoms with Crippen LogP contribution in [0.25, 0.3) is 0 Å². The summed E-state index contributed by atoms with van der Waals surface area (Å²) in [4.78, 5) is 10.9. The van der Waals surface area contributed by atoms with E-state index in [0.717, 1.165) is 17.7 Å². The van der Waals surface area contributed by atoms with E-state index in [1.165, 1.54) is 0 Å². The fourth-order valence-corrected chi connectivity index (χ4v) is 3.60. The van der Waals surface area contributed by atoms with Gasteiger partial charge in [0, 0.05) is 6.04 Å². The molecule has 1 heterocycles.